The summed E-state index contributed by atoms with van der Waals surface area (Å²) in [6.45, 7) is 8.20. The summed E-state index contributed by atoms with van der Waals surface area (Å²) in [5, 5.41) is 10.9. The smallest absolute Gasteiger partial charge is 0.338 e. The third kappa shape index (κ3) is 6.63. The second-order valence-corrected chi connectivity index (χ2v) is 10.7. The maximum absolute atomic E-state index is 14.0. The van der Waals surface area contributed by atoms with Crippen molar-refractivity contribution in [3.05, 3.63) is 113 Å². The standard InChI is InChI=1S/C32H30N4O8S/c1-5-41-23-12-9-21(10-13-23)29-28(31(38)43-7-3)19(4)34-32-35(29)30(37)26(45-32)17-20-8-14-24(25(16-20)42-6-2)44-27-15-11-22(18-33-27)36(39)40/h8-18,29H,5-7H2,1-4H3/b26-17+/t29-/m1/s1. The van der Waals surface area contributed by atoms with Gasteiger partial charge >= 0.3 is 5.97 Å². The van der Waals surface area contributed by atoms with Crippen LogP contribution >= 0.6 is 11.3 Å². The fourth-order valence-electron chi connectivity index (χ4n) is 4.79. The highest BCUT2D eigenvalue weighted by Crippen LogP contribution is 2.34. The van der Waals surface area contributed by atoms with Gasteiger partial charge in [-0.15, -0.1) is 0 Å². The largest absolute Gasteiger partial charge is 0.494 e. The monoisotopic (exact) mass is 630 g/mol. The number of ether oxygens (including phenoxy) is 4. The van der Waals surface area contributed by atoms with Gasteiger partial charge in [-0.3, -0.25) is 19.5 Å². The summed E-state index contributed by atoms with van der Waals surface area (Å²) in [7, 11) is 0. The van der Waals surface area contributed by atoms with Crippen LogP contribution in [-0.2, 0) is 9.53 Å². The predicted molar refractivity (Wildman–Crippen MR) is 167 cm³/mol. The van der Waals surface area contributed by atoms with Gasteiger partial charge in [-0.05, 0) is 69.2 Å². The van der Waals surface area contributed by atoms with Gasteiger partial charge in [-0.25, -0.2) is 14.8 Å². The molecule has 232 valence electrons. The second kappa shape index (κ2) is 13.6. The number of nitrogens with zero attached hydrogens (tertiary/aromatic N) is 4. The molecule has 2 aromatic heterocycles. The molecular weight excluding hydrogens is 600 g/mol. The van der Waals surface area contributed by atoms with E-state index in [-0.39, 0.29) is 23.7 Å². The average Bonchev–Trinajstić information content (AvgIpc) is 3.32. The van der Waals surface area contributed by atoms with Gasteiger partial charge in [0.2, 0.25) is 5.88 Å². The third-order valence-electron chi connectivity index (χ3n) is 6.74. The zero-order valence-electron chi connectivity index (χ0n) is 25.0. The van der Waals surface area contributed by atoms with Crippen molar-refractivity contribution >= 4 is 29.1 Å². The molecule has 45 heavy (non-hydrogen) atoms. The van der Waals surface area contributed by atoms with E-state index in [1.165, 1.54) is 28.0 Å². The van der Waals surface area contributed by atoms with Crippen LogP contribution in [0.25, 0.3) is 6.08 Å². The zero-order valence-corrected chi connectivity index (χ0v) is 25.8. The van der Waals surface area contributed by atoms with Crippen molar-refractivity contribution in [2.24, 2.45) is 4.99 Å². The molecule has 0 fully saturated rings. The number of nitro groups is 1. The first kappa shape index (κ1) is 31.1. The number of esters is 1. The van der Waals surface area contributed by atoms with Gasteiger partial charge in [0.05, 0.1) is 46.6 Å². The van der Waals surface area contributed by atoms with E-state index in [0.29, 0.717) is 62.2 Å². The molecule has 0 amide bonds. The van der Waals surface area contributed by atoms with Crippen LogP contribution in [0.4, 0.5) is 5.69 Å². The molecule has 0 bridgehead atoms. The molecule has 0 radical (unpaired) electrons. The van der Waals surface area contributed by atoms with Crippen molar-refractivity contribution in [1.29, 1.82) is 0 Å². The van der Waals surface area contributed by atoms with Crippen LogP contribution in [0.3, 0.4) is 0 Å². The number of aromatic nitrogens is 2. The number of allylic oxidation sites excluding steroid dienone is 1. The molecule has 1 aliphatic rings. The zero-order chi connectivity index (χ0) is 32.1. The lowest BCUT2D eigenvalue weighted by molar-refractivity contribution is -0.385. The Morgan fingerprint density at radius 2 is 1.78 bits per heavy atom. The first-order chi connectivity index (χ1) is 21.7. The number of hydrogen-bond donors (Lipinski definition) is 0. The number of thiazole rings is 1. The predicted octanol–water partition coefficient (Wildman–Crippen LogP) is 4.69. The van der Waals surface area contributed by atoms with E-state index in [4.69, 9.17) is 18.9 Å². The number of pyridine rings is 1. The van der Waals surface area contributed by atoms with Gasteiger partial charge < -0.3 is 18.9 Å². The Kier molecular flexibility index (Phi) is 9.38. The lowest BCUT2D eigenvalue weighted by atomic mass is 9.96. The van der Waals surface area contributed by atoms with Crippen LogP contribution in [0.1, 0.15) is 44.9 Å². The normalized spacial score (nSPS) is 14.4. The molecule has 0 N–H and O–H groups in total. The lowest BCUT2D eigenvalue weighted by Gasteiger charge is -2.24. The fourth-order valence-corrected chi connectivity index (χ4v) is 5.84. The number of rotatable bonds is 11. The highest BCUT2D eigenvalue weighted by atomic mass is 32.1. The molecule has 0 saturated heterocycles. The Morgan fingerprint density at radius 3 is 2.42 bits per heavy atom. The number of carbonyl (C=O) groups excluding carboxylic acids is 1. The summed E-state index contributed by atoms with van der Waals surface area (Å²) in [5.41, 5.74) is 1.66. The van der Waals surface area contributed by atoms with E-state index in [1.54, 1.807) is 50.3 Å². The van der Waals surface area contributed by atoms with Gasteiger partial charge in [-0.1, -0.05) is 29.5 Å². The summed E-state index contributed by atoms with van der Waals surface area (Å²) in [4.78, 5) is 46.6. The Hall–Kier alpha value is -5.30. The minimum Gasteiger partial charge on any atom is -0.494 e. The number of hydrogen-bond acceptors (Lipinski definition) is 11. The molecule has 0 spiro atoms. The Morgan fingerprint density at radius 1 is 1.02 bits per heavy atom. The highest BCUT2D eigenvalue weighted by molar-refractivity contribution is 7.07. The summed E-state index contributed by atoms with van der Waals surface area (Å²) in [5.74, 6) is 1.04. The van der Waals surface area contributed by atoms with Gasteiger partial charge in [-0.2, -0.15) is 0 Å². The van der Waals surface area contributed by atoms with Gasteiger partial charge in [0.1, 0.15) is 11.9 Å². The number of carbonyl (C=O) groups is 1. The van der Waals surface area contributed by atoms with E-state index < -0.39 is 16.9 Å². The summed E-state index contributed by atoms with van der Waals surface area (Å²) in [6.07, 6.45) is 2.83. The van der Waals surface area contributed by atoms with E-state index in [0.717, 1.165) is 6.20 Å². The molecule has 1 aliphatic heterocycles. The molecule has 1 atom stereocenters. The van der Waals surface area contributed by atoms with Crippen LogP contribution in [0.2, 0.25) is 0 Å². The molecular formula is C32H30N4O8S. The minimum absolute atomic E-state index is 0.154. The van der Waals surface area contributed by atoms with Gasteiger partial charge in [0.25, 0.3) is 11.2 Å². The molecule has 3 heterocycles. The van der Waals surface area contributed by atoms with Gasteiger partial charge in [0, 0.05) is 12.1 Å². The highest BCUT2D eigenvalue weighted by Gasteiger charge is 2.33. The van der Waals surface area contributed by atoms with Crippen molar-refractivity contribution in [2.75, 3.05) is 19.8 Å². The van der Waals surface area contributed by atoms with Crippen LogP contribution in [0.15, 0.2) is 81.9 Å². The van der Waals surface area contributed by atoms with Gasteiger partial charge in [0.15, 0.2) is 16.3 Å². The summed E-state index contributed by atoms with van der Waals surface area (Å²) >= 11 is 1.21. The first-order valence-electron chi connectivity index (χ1n) is 14.2. The average molecular weight is 631 g/mol. The minimum atomic E-state index is -0.748. The quantitative estimate of drug-likeness (QED) is 0.131. The third-order valence-corrected chi connectivity index (χ3v) is 7.72. The van der Waals surface area contributed by atoms with E-state index in [2.05, 4.69) is 9.98 Å². The van der Waals surface area contributed by atoms with Crippen LogP contribution in [0, 0.1) is 10.1 Å². The van der Waals surface area contributed by atoms with Crippen molar-refractivity contribution in [1.82, 2.24) is 9.55 Å². The molecule has 12 nitrogen and oxygen atoms in total. The topological polar surface area (TPSA) is 144 Å². The SMILES string of the molecule is CCOC(=O)C1=C(C)N=c2s/c(=C/c3ccc(Oc4ccc([N+](=O)[O-])cn4)c(OCC)c3)c(=O)n2[C@@H]1c1ccc(OCC)cc1. The first-order valence-corrected chi connectivity index (χ1v) is 15.0. The molecule has 0 aliphatic carbocycles. The van der Waals surface area contributed by atoms with Crippen LogP contribution in [0.5, 0.6) is 23.1 Å². The van der Waals surface area contributed by atoms with E-state index >= 15 is 0 Å². The fraction of sp³-hybridized carbons (Fsp3) is 0.250. The van der Waals surface area contributed by atoms with Crippen molar-refractivity contribution in [3.63, 3.8) is 0 Å². The lowest BCUT2D eigenvalue weighted by Crippen LogP contribution is -2.39. The molecule has 0 unspecified atom stereocenters. The molecule has 13 heteroatoms. The Bertz CT molecular complexity index is 1950. The van der Waals surface area contributed by atoms with Crippen LogP contribution < -0.4 is 29.1 Å². The molecule has 0 saturated carbocycles. The number of fused-ring (bicyclic) bond motifs is 1. The Labute approximate surface area is 261 Å². The van der Waals surface area contributed by atoms with E-state index in [1.807, 2.05) is 26.0 Å². The molecule has 5 rings (SSSR count). The van der Waals surface area contributed by atoms with Crippen molar-refractivity contribution < 1.29 is 28.7 Å². The summed E-state index contributed by atoms with van der Waals surface area (Å²) in [6, 6.07) is 14.4. The maximum Gasteiger partial charge on any atom is 0.338 e. The van der Waals surface area contributed by atoms with E-state index in [9.17, 15) is 19.7 Å². The second-order valence-electron chi connectivity index (χ2n) is 9.66. The summed E-state index contributed by atoms with van der Waals surface area (Å²) < 4.78 is 24.5. The van der Waals surface area contributed by atoms with Crippen LogP contribution in [-0.4, -0.2) is 40.3 Å². The molecule has 2 aromatic carbocycles. The maximum atomic E-state index is 14.0. The number of benzene rings is 2. The van der Waals surface area contributed by atoms with Crippen molar-refractivity contribution in [3.8, 4) is 23.1 Å². The Balaban J connectivity index is 1.56. The van der Waals surface area contributed by atoms with Crippen molar-refractivity contribution in [2.45, 2.75) is 33.7 Å². The molecule has 4 aromatic rings.